The van der Waals surface area contributed by atoms with E-state index >= 15 is 0 Å². The zero-order chi connectivity index (χ0) is 12.5. The molecule has 3 aromatic rings. The number of nitrogens with zero attached hydrogens (tertiary/aromatic N) is 2. The second-order valence-corrected chi connectivity index (χ2v) is 3.90. The van der Waals surface area contributed by atoms with Gasteiger partial charge in [0.2, 0.25) is 11.8 Å². The Labute approximate surface area is 104 Å². The molecule has 0 fully saturated rings. The van der Waals surface area contributed by atoms with Gasteiger partial charge >= 0.3 is 0 Å². The Kier molecular flexibility index (Phi) is 2.37. The number of anilines is 1. The zero-order valence-electron chi connectivity index (χ0n) is 9.84. The summed E-state index contributed by atoms with van der Waals surface area (Å²) in [6.45, 7) is 0. The van der Waals surface area contributed by atoms with Crippen molar-refractivity contribution in [2.45, 2.75) is 0 Å². The van der Waals surface area contributed by atoms with Crippen molar-refractivity contribution in [1.82, 2.24) is 15.0 Å². The van der Waals surface area contributed by atoms with E-state index in [9.17, 15) is 0 Å². The van der Waals surface area contributed by atoms with Crippen LogP contribution in [0.3, 0.4) is 0 Å². The molecule has 0 amide bonds. The number of nitrogens with one attached hydrogen (secondary N) is 1. The molecular formula is C13H12N4O. The second-order valence-electron chi connectivity index (χ2n) is 3.90. The second kappa shape index (κ2) is 4.03. The Balaban J connectivity index is 2.22. The molecule has 1 aromatic carbocycles. The Morgan fingerprint density at radius 2 is 2.06 bits per heavy atom. The molecule has 0 aliphatic heterocycles. The summed E-state index contributed by atoms with van der Waals surface area (Å²) >= 11 is 0. The fourth-order valence-corrected chi connectivity index (χ4v) is 1.97. The fourth-order valence-electron chi connectivity index (χ4n) is 1.97. The summed E-state index contributed by atoms with van der Waals surface area (Å²) in [5.74, 6) is 0.664. The van der Waals surface area contributed by atoms with E-state index in [0.29, 0.717) is 5.88 Å². The van der Waals surface area contributed by atoms with Crippen LogP contribution in [-0.2, 0) is 0 Å². The Morgan fingerprint density at radius 1 is 1.22 bits per heavy atom. The highest BCUT2D eigenvalue weighted by Crippen LogP contribution is 2.28. The lowest BCUT2D eigenvalue weighted by molar-refractivity contribution is 0.398. The summed E-state index contributed by atoms with van der Waals surface area (Å²) in [6.07, 6.45) is 1.91. The number of para-hydroxylation sites is 1. The quantitative estimate of drug-likeness (QED) is 0.720. The van der Waals surface area contributed by atoms with Gasteiger partial charge in [-0.2, -0.15) is 4.98 Å². The molecule has 90 valence electrons. The molecule has 2 heterocycles. The zero-order valence-corrected chi connectivity index (χ0v) is 9.84. The van der Waals surface area contributed by atoms with Crippen LogP contribution in [0, 0.1) is 0 Å². The van der Waals surface area contributed by atoms with Gasteiger partial charge in [0.25, 0.3) is 0 Å². The van der Waals surface area contributed by atoms with Crippen molar-refractivity contribution in [2.24, 2.45) is 0 Å². The number of rotatable bonds is 2. The van der Waals surface area contributed by atoms with Crippen LogP contribution in [-0.4, -0.2) is 22.1 Å². The molecule has 0 saturated heterocycles. The summed E-state index contributed by atoms with van der Waals surface area (Å²) in [6, 6.07) is 9.79. The molecule has 0 radical (unpaired) electrons. The van der Waals surface area contributed by atoms with Gasteiger partial charge in [-0.05, 0) is 6.07 Å². The van der Waals surface area contributed by atoms with E-state index in [1.807, 2.05) is 30.5 Å². The molecule has 3 N–H and O–H groups in total. The van der Waals surface area contributed by atoms with Gasteiger partial charge in [0, 0.05) is 28.7 Å². The maximum atomic E-state index is 5.67. The third kappa shape index (κ3) is 1.66. The van der Waals surface area contributed by atoms with Gasteiger partial charge in [-0.25, -0.2) is 4.98 Å². The normalized spacial score (nSPS) is 10.7. The molecule has 5 heteroatoms. The summed E-state index contributed by atoms with van der Waals surface area (Å²) in [4.78, 5) is 11.4. The summed E-state index contributed by atoms with van der Waals surface area (Å²) < 4.78 is 5.10. The molecular weight excluding hydrogens is 228 g/mol. The average Bonchev–Trinajstić information content (AvgIpc) is 2.81. The minimum atomic E-state index is 0.203. The van der Waals surface area contributed by atoms with Crippen molar-refractivity contribution in [3.63, 3.8) is 0 Å². The van der Waals surface area contributed by atoms with Crippen LogP contribution in [0.1, 0.15) is 0 Å². The number of H-pyrrole nitrogens is 1. The third-order valence-corrected chi connectivity index (χ3v) is 2.79. The number of ether oxygens (including phenoxy) is 1. The van der Waals surface area contributed by atoms with E-state index in [1.54, 1.807) is 13.2 Å². The topological polar surface area (TPSA) is 76.8 Å². The number of nitrogen functional groups attached to an aromatic ring is 1. The van der Waals surface area contributed by atoms with Gasteiger partial charge < -0.3 is 15.5 Å². The Morgan fingerprint density at radius 3 is 2.89 bits per heavy atom. The van der Waals surface area contributed by atoms with Crippen molar-refractivity contribution < 1.29 is 4.74 Å². The first-order chi connectivity index (χ1) is 8.78. The van der Waals surface area contributed by atoms with Gasteiger partial charge in [-0.15, -0.1) is 0 Å². The predicted molar refractivity (Wildman–Crippen MR) is 70.3 cm³/mol. The maximum Gasteiger partial charge on any atom is 0.223 e. The lowest BCUT2D eigenvalue weighted by Gasteiger charge is -2.03. The van der Waals surface area contributed by atoms with Gasteiger partial charge in [-0.1, -0.05) is 18.2 Å². The van der Waals surface area contributed by atoms with Crippen LogP contribution in [0.4, 0.5) is 5.95 Å². The monoisotopic (exact) mass is 240 g/mol. The fraction of sp³-hybridized carbons (Fsp3) is 0.0769. The smallest absolute Gasteiger partial charge is 0.223 e. The lowest BCUT2D eigenvalue weighted by Crippen LogP contribution is -1.98. The average molecular weight is 240 g/mol. The molecule has 0 atom stereocenters. The predicted octanol–water partition coefficient (Wildman–Crippen LogP) is 2.22. The highest BCUT2D eigenvalue weighted by molar-refractivity contribution is 5.94. The Bertz CT molecular complexity index is 705. The first-order valence-electron chi connectivity index (χ1n) is 5.53. The van der Waals surface area contributed by atoms with Crippen molar-refractivity contribution >= 4 is 16.9 Å². The van der Waals surface area contributed by atoms with E-state index in [0.717, 1.165) is 22.2 Å². The highest BCUT2D eigenvalue weighted by atomic mass is 16.5. The SMILES string of the molecule is COc1cc(-c2c[nH]c3ccccc23)nc(N)n1. The Hall–Kier alpha value is -2.56. The number of aromatic nitrogens is 3. The van der Waals surface area contributed by atoms with Crippen molar-refractivity contribution in [3.05, 3.63) is 36.5 Å². The summed E-state index contributed by atoms with van der Waals surface area (Å²) in [5.41, 5.74) is 8.46. The van der Waals surface area contributed by atoms with Gasteiger partial charge in [0.15, 0.2) is 0 Å². The van der Waals surface area contributed by atoms with E-state index in [1.165, 1.54) is 0 Å². The van der Waals surface area contributed by atoms with E-state index in [2.05, 4.69) is 15.0 Å². The van der Waals surface area contributed by atoms with Crippen molar-refractivity contribution in [3.8, 4) is 17.1 Å². The molecule has 2 aromatic heterocycles. The van der Waals surface area contributed by atoms with Crippen LogP contribution >= 0.6 is 0 Å². The number of aromatic amines is 1. The minimum absolute atomic E-state index is 0.203. The summed E-state index contributed by atoms with van der Waals surface area (Å²) in [5, 5.41) is 1.10. The van der Waals surface area contributed by atoms with Gasteiger partial charge in [0.1, 0.15) is 0 Å². The van der Waals surface area contributed by atoms with Gasteiger partial charge in [-0.3, -0.25) is 0 Å². The molecule has 18 heavy (non-hydrogen) atoms. The molecule has 0 aliphatic carbocycles. The molecule has 3 rings (SSSR count). The number of hydrogen-bond donors (Lipinski definition) is 2. The number of nitrogens with two attached hydrogens (primary N) is 1. The third-order valence-electron chi connectivity index (χ3n) is 2.79. The van der Waals surface area contributed by atoms with Crippen LogP contribution in [0.25, 0.3) is 22.2 Å². The maximum absolute atomic E-state index is 5.67. The standard InChI is InChI=1S/C13H12N4O/c1-18-12-6-11(16-13(14)17-12)9-7-15-10-5-3-2-4-8(9)10/h2-7,15H,1H3,(H2,14,16,17). The molecule has 0 spiro atoms. The molecule has 0 saturated carbocycles. The van der Waals surface area contributed by atoms with Gasteiger partial charge in [0.05, 0.1) is 12.8 Å². The van der Waals surface area contributed by atoms with E-state index in [-0.39, 0.29) is 5.95 Å². The van der Waals surface area contributed by atoms with Crippen LogP contribution < -0.4 is 10.5 Å². The number of methoxy groups -OCH3 is 1. The largest absolute Gasteiger partial charge is 0.481 e. The van der Waals surface area contributed by atoms with Crippen LogP contribution in [0.2, 0.25) is 0 Å². The van der Waals surface area contributed by atoms with Crippen molar-refractivity contribution in [1.29, 1.82) is 0 Å². The minimum Gasteiger partial charge on any atom is -0.481 e. The first kappa shape index (κ1) is 10.6. The first-order valence-corrected chi connectivity index (χ1v) is 5.53. The lowest BCUT2D eigenvalue weighted by atomic mass is 10.1. The number of hydrogen-bond acceptors (Lipinski definition) is 4. The van der Waals surface area contributed by atoms with Crippen molar-refractivity contribution in [2.75, 3.05) is 12.8 Å². The number of benzene rings is 1. The highest BCUT2D eigenvalue weighted by Gasteiger charge is 2.09. The molecule has 0 unspecified atom stereocenters. The molecule has 0 aliphatic rings. The summed E-state index contributed by atoms with van der Waals surface area (Å²) in [7, 11) is 1.56. The van der Waals surface area contributed by atoms with E-state index in [4.69, 9.17) is 10.5 Å². The molecule has 0 bridgehead atoms. The number of fused-ring (bicyclic) bond motifs is 1. The van der Waals surface area contributed by atoms with Crippen LogP contribution in [0.15, 0.2) is 36.5 Å². The van der Waals surface area contributed by atoms with E-state index < -0.39 is 0 Å². The molecule has 5 nitrogen and oxygen atoms in total. The van der Waals surface area contributed by atoms with Crippen LogP contribution in [0.5, 0.6) is 5.88 Å².